The van der Waals surface area contributed by atoms with E-state index in [1.807, 2.05) is 12.1 Å². The van der Waals surface area contributed by atoms with Gasteiger partial charge >= 0.3 is 0 Å². The molecule has 0 saturated heterocycles. The number of nitrogens with zero attached hydrogens (tertiary/aromatic N) is 1. The molecule has 1 aliphatic rings. The van der Waals surface area contributed by atoms with Crippen LogP contribution in [-0.4, -0.2) is 25.8 Å². The van der Waals surface area contributed by atoms with E-state index in [0.29, 0.717) is 13.3 Å². The fraction of sp³-hybridized carbons (Fsp3) is 0.389. The van der Waals surface area contributed by atoms with Gasteiger partial charge in [-0.1, -0.05) is 6.07 Å². The van der Waals surface area contributed by atoms with Gasteiger partial charge in [-0.2, -0.15) is 0 Å². The second kappa shape index (κ2) is 8.06. The maximum atomic E-state index is 5.42. The van der Waals surface area contributed by atoms with Crippen molar-refractivity contribution < 1.29 is 9.47 Å². The fourth-order valence-electron chi connectivity index (χ4n) is 2.49. The lowest BCUT2D eigenvalue weighted by molar-refractivity contribution is 0.174. The van der Waals surface area contributed by atoms with Crippen molar-refractivity contribution in [2.45, 2.75) is 26.8 Å². The molecule has 1 aromatic carbocycles. The first kappa shape index (κ1) is 16.6. The first-order valence-corrected chi connectivity index (χ1v) is 9.02. The molecule has 128 valence electrons. The Morgan fingerprint density at radius 2 is 2.04 bits per heavy atom. The van der Waals surface area contributed by atoms with Crippen molar-refractivity contribution in [3.63, 3.8) is 0 Å². The molecular weight excluding hydrogens is 322 g/mol. The second-order valence-electron chi connectivity index (χ2n) is 5.57. The zero-order valence-corrected chi connectivity index (χ0v) is 14.9. The molecule has 0 saturated carbocycles. The van der Waals surface area contributed by atoms with Crippen LogP contribution < -0.4 is 20.1 Å². The van der Waals surface area contributed by atoms with Gasteiger partial charge < -0.3 is 20.1 Å². The van der Waals surface area contributed by atoms with E-state index in [1.54, 1.807) is 11.3 Å². The Kier molecular flexibility index (Phi) is 5.59. The smallest absolute Gasteiger partial charge is 0.231 e. The summed E-state index contributed by atoms with van der Waals surface area (Å²) in [6.45, 7) is 6.87. The van der Waals surface area contributed by atoms with Crippen LogP contribution in [-0.2, 0) is 13.0 Å². The van der Waals surface area contributed by atoms with Gasteiger partial charge in [-0.05, 0) is 50.1 Å². The summed E-state index contributed by atoms with van der Waals surface area (Å²) in [7, 11) is 0. The molecule has 0 amide bonds. The summed E-state index contributed by atoms with van der Waals surface area (Å²) in [6.07, 6.45) is 0.902. The number of fused-ring (bicyclic) bond motifs is 1. The number of nitrogens with one attached hydrogen (secondary N) is 2. The number of guanidine groups is 1. The summed E-state index contributed by atoms with van der Waals surface area (Å²) < 4.78 is 10.8. The Morgan fingerprint density at radius 3 is 2.83 bits per heavy atom. The number of benzene rings is 1. The predicted molar refractivity (Wildman–Crippen MR) is 98.1 cm³/mol. The van der Waals surface area contributed by atoms with Crippen molar-refractivity contribution in [1.29, 1.82) is 0 Å². The fourth-order valence-corrected chi connectivity index (χ4v) is 3.31. The van der Waals surface area contributed by atoms with E-state index in [9.17, 15) is 0 Å². The number of aryl methyl sites for hydroxylation is 1. The van der Waals surface area contributed by atoms with Crippen LogP contribution >= 0.6 is 11.3 Å². The maximum Gasteiger partial charge on any atom is 0.231 e. The van der Waals surface area contributed by atoms with Gasteiger partial charge in [0, 0.05) is 22.8 Å². The molecule has 0 fully saturated rings. The van der Waals surface area contributed by atoms with Gasteiger partial charge in [0.25, 0.3) is 0 Å². The van der Waals surface area contributed by atoms with Crippen molar-refractivity contribution in [3.05, 3.63) is 45.6 Å². The minimum absolute atomic E-state index is 0.316. The molecule has 0 bridgehead atoms. The monoisotopic (exact) mass is 345 g/mol. The van der Waals surface area contributed by atoms with Crippen molar-refractivity contribution in [1.82, 2.24) is 10.6 Å². The molecule has 0 unspecified atom stereocenters. The average molecular weight is 345 g/mol. The third-order valence-electron chi connectivity index (χ3n) is 3.68. The molecule has 2 N–H and O–H groups in total. The summed E-state index contributed by atoms with van der Waals surface area (Å²) in [5, 5.41) is 6.67. The standard InChI is InChI=1S/C18H23N3O2S/c1-3-19-18(21-11-15-6-4-13(2)24-15)20-9-8-14-5-7-16-17(10-14)23-12-22-16/h4-7,10H,3,8-9,11-12H2,1-2H3,(H2,19,20,21). The highest BCUT2D eigenvalue weighted by Gasteiger charge is 2.12. The van der Waals surface area contributed by atoms with Gasteiger partial charge in [-0.15, -0.1) is 11.3 Å². The van der Waals surface area contributed by atoms with Crippen LogP contribution in [0, 0.1) is 6.92 Å². The molecule has 1 aliphatic heterocycles. The van der Waals surface area contributed by atoms with Crippen LogP contribution in [0.3, 0.4) is 0 Å². The molecule has 24 heavy (non-hydrogen) atoms. The number of hydrogen-bond donors (Lipinski definition) is 2. The van der Waals surface area contributed by atoms with E-state index in [4.69, 9.17) is 9.47 Å². The summed E-state index contributed by atoms with van der Waals surface area (Å²) >= 11 is 1.79. The summed E-state index contributed by atoms with van der Waals surface area (Å²) in [6, 6.07) is 10.4. The Balaban J connectivity index is 1.52. The van der Waals surface area contributed by atoms with Gasteiger partial charge in [0.2, 0.25) is 6.79 Å². The Morgan fingerprint density at radius 1 is 1.17 bits per heavy atom. The van der Waals surface area contributed by atoms with Gasteiger partial charge in [-0.25, -0.2) is 4.99 Å². The van der Waals surface area contributed by atoms with Crippen LogP contribution in [0.1, 0.15) is 22.2 Å². The van der Waals surface area contributed by atoms with Crippen LogP contribution in [0.5, 0.6) is 11.5 Å². The lowest BCUT2D eigenvalue weighted by Gasteiger charge is -2.11. The molecule has 1 aromatic heterocycles. The van der Waals surface area contributed by atoms with Gasteiger partial charge in [0.15, 0.2) is 17.5 Å². The first-order valence-electron chi connectivity index (χ1n) is 8.20. The number of hydrogen-bond acceptors (Lipinski definition) is 4. The van der Waals surface area contributed by atoms with E-state index in [2.05, 4.69) is 47.7 Å². The molecule has 2 aromatic rings. The molecule has 5 nitrogen and oxygen atoms in total. The van der Waals surface area contributed by atoms with E-state index in [0.717, 1.165) is 37.0 Å². The lowest BCUT2D eigenvalue weighted by atomic mass is 10.1. The van der Waals surface area contributed by atoms with Gasteiger partial charge in [0.1, 0.15) is 0 Å². The SMILES string of the molecule is CCNC(=NCc1ccc(C)s1)NCCc1ccc2c(c1)OCO2. The molecule has 2 heterocycles. The molecule has 3 rings (SSSR count). The Bertz CT molecular complexity index is 712. The number of ether oxygens (including phenoxy) is 2. The van der Waals surface area contributed by atoms with E-state index in [1.165, 1.54) is 15.3 Å². The zero-order valence-electron chi connectivity index (χ0n) is 14.1. The molecule has 0 aliphatic carbocycles. The Labute approximate surface area is 146 Å². The van der Waals surface area contributed by atoms with Gasteiger partial charge in [-0.3, -0.25) is 0 Å². The first-order chi connectivity index (χ1) is 11.7. The summed E-state index contributed by atoms with van der Waals surface area (Å²) in [4.78, 5) is 7.24. The zero-order chi connectivity index (χ0) is 16.8. The highest BCUT2D eigenvalue weighted by molar-refractivity contribution is 7.11. The quantitative estimate of drug-likeness (QED) is 0.624. The third-order valence-corrected chi connectivity index (χ3v) is 4.66. The van der Waals surface area contributed by atoms with E-state index in [-0.39, 0.29) is 0 Å². The van der Waals surface area contributed by atoms with Crippen molar-refractivity contribution in [2.75, 3.05) is 19.9 Å². The van der Waals surface area contributed by atoms with Crippen molar-refractivity contribution in [3.8, 4) is 11.5 Å². The molecule has 0 spiro atoms. The predicted octanol–water partition coefficient (Wildman–Crippen LogP) is 3.08. The maximum absolute atomic E-state index is 5.42. The van der Waals surface area contributed by atoms with Gasteiger partial charge in [0.05, 0.1) is 6.54 Å². The van der Waals surface area contributed by atoms with E-state index >= 15 is 0 Å². The molecular formula is C18H23N3O2S. The minimum atomic E-state index is 0.316. The lowest BCUT2D eigenvalue weighted by Crippen LogP contribution is -2.38. The van der Waals surface area contributed by atoms with Crippen LogP contribution in [0.4, 0.5) is 0 Å². The second-order valence-corrected chi connectivity index (χ2v) is 6.94. The topological polar surface area (TPSA) is 54.9 Å². The summed E-state index contributed by atoms with van der Waals surface area (Å²) in [5.41, 5.74) is 1.22. The van der Waals surface area contributed by atoms with Crippen LogP contribution in [0.25, 0.3) is 0 Å². The van der Waals surface area contributed by atoms with Crippen molar-refractivity contribution >= 4 is 17.3 Å². The Hall–Kier alpha value is -2.21. The molecule has 6 heteroatoms. The summed E-state index contributed by atoms with van der Waals surface area (Å²) in [5.74, 6) is 2.51. The molecule has 0 atom stereocenters. The van der Waals surface area contributed by atoms with Crippen LogP contribution in [0.2, 0.25) is 0 Å². The third kappa shape index (κ3) is 4.41. The molecule has 0 radical (unpaired) electrons. The minimum Gasteiger partial charge on any atom is -0.454 e. The van der Waals surface area contributed by atoms with Crippen LogP contribution in [0.15, 0.2) is 35.3 Å². The van der Waals surface area contributed by atoms with E-state index < -0.39 is 0 Å². The highest BCUT2D eigenvalue weighted by Crippen LogP contribution is 2.32. The number of rotatable bonds is 6. The van der Waals surface area contributed by atoms with Crippen molar-refractivity contribution in [2.24, 2.45) is 4.99 Å². The highest BCUT2D eigenvalue weighted by atomic mass is 32.1. The normalized spacial score (nSPS) is 13.2. The number of aliphatic imine (C=N–C) groups is 1. The number of thiophene rings is 1. The average Bonchev–Trinajstić information content (AvgIpc) is 3.20. The largest absolute Gasteiger partial charge is 0.454 e.